The summed E-state index contributed by atoms with van der Waals surface area (Å²) in [7, 11) is 0. The number of benzene rings is 2. The fraction of sp³-hybridized carbons (Fsp3) is 0.350. The number of anilines is 2. The lowest BCUT2D eigenvalue weighted by Gasteiger charge is -2.38. The minimum Gasteiger partial charge on any atom is -0.435 e. The molecule has 0 radical (unpaired) electrons. The third kappa shape index (κ3) is 5.20. The van der Waals surface area contributed by atoms with Crippen LogP contribution in [0.1, 0.15) is 6.92 Å². The number of carbonyl (C=O) groups excluding carboxylic acids is 1. The molecular formula is C20H22F2N4O4. The van der Waals surface area contributed by atoms with E-state index in [1.807, 2.05) is 9.80 Å². The van der Waals surface area contributed by atoms with Gasteiger partial charge in [-0.25, -0.2) is 0 Å². The number of nitro benzene ring substituents is 1. The van der Waals surface area contributed by atoms with Gasteiger partial charge in [-0.1, -0.05) is 12.1 Å². The third-order valence-corrected chi connectivity index (χ3v) is 5.01. The van der Waals surface area contributed by atoms with Crippen molar-refractivity contribution in [2.24, 2.45) is 0 Å². The van der Waals surface area contributed by atoms with Crippen LogP contribution in [0.2, 0.25) is 0 Å². The molecule has 1 heterocycles. The first-order valence-corrected chi connectivity index (χ1v) is 9.43. The molecule has 1 saturated heterocycles. The molecule has 0 aromatic heterocycles. The number of piperazine rings is 1. The maximum absolute atomic E-state index is 12.6. The van der Waals surface area contributed by atoms with Crippen molar-refractivity contribution in [2.45, 2.75) is 19.6 Å². The molecule has 1 aliphatic rings. The van der Waals surface area contributed by atoms with E-state index in [0.29, 0.717) is 37.6 Å². The number of ether oxygens (including phenoxy) is 1. The minimum atomic E-state index is -2.90. The Morgan fingerprint density at radius 3 is 2.33 bits per heavy atom. The molecule has 10 heteroatoms. The summed E-state index contributed by atoms with van der Waals surface area (Å²) >= 11 is 0. The van der Waals surface area contributed by atoms with Gasteiger partial charge < -0.3 is 15.0 Å². The van der Waals surface area contributed by atoms with Crippen LogP contribution in [-0.4, -0.2) is 54.6 Å². The SMILES string of the molecule is CC(C(=O)Nc1ccc(OC(F)F)cc1)N1CCN(c2ccccc2[N+](=O)[O-])CC1. The van der Waals surface area contributed by atoms with Crippen LogP contribution in [0, 0.1) is 10.1 Å². The van der Waals surface area contributed by atoms with Crippen molar-refractivity contribution in [3.63, 3.8) is 0 Å². The number of alkyl halides is 2. The highest BCUT2D eigenvalue weighted by atomic mass is 19.3. The molecule has 0 aliphatic carbocycles. The molecule has 2 aromatic rings. The second kappa shape index (κ2) is 9.49. The van der Waals surface area contributed by atoms with Crippen LogP contribution >= 0.6 is 0 Å². The van der Waals surface area contributed by atoms with Crippen LogP contribution in [0.3, 0.4) is 0 Å². The molecule has 160 valence electrons. The van der Waals surface area contributed by atoms with Gasteiger partial charge in [-0.3, -0.25) is 19.8 Å². The molecule has 1 amide bonds. The van der Waals surface area contributed by atoms with Crippen molar-refractivity contribution in [2.75, 3.05) is 36.4 Å². The average molecular weight is 420 g/mol. The molecule has 30 heavy (non-hydrogen) atoms. The fourth-order valence-corrected chi connectivity index (χ4v) is 3.37. The Balaban J connectivity index is 1.55. The topological polar surface area (TPSA) is 88.0 Å². The van der Waals surface area contributed by atoms with Gasteiger partial charge in [0.25, 0.3) is 5.69 Å². The first-order chi connectivity index (χ1) is 14.3. The summed E-state index contributed by atoms with van der Waals surface area (Å²) in [5.74, 6) is -0.209. The largest absolute Gasteiger partial charge is 0.435 e. The van der Waals surface area contributed by atoms with Crippen LogP contribution < -0.4 is 15.0 Å². The zero-order valence-electron chi connectivity index (χ0n) is 16.3. The second-order valence-electron chi connectivity index (χ2n) is 6.84. The van der Waals surface area contributed by atoms with Gasteiger partial charge in [-0.05, 0) is 37.3 Å². The predicted molar refractivity (Wildman–Crippen MR) is 108 cm³/mol. The fourth-order valence-electron chi connectivity index (χ4n) is 3.37. The highest BCUT2D eigenvalue weighted by Gasteiger charge is 2.28. The van der Waals surface area contributed by atoms with Crippen molar-refractivity contribution >= 4 is 23.0 Å². The molecule has 8 nitrogen and oxygen atoms in total. The highest BCUT2D eigenvalue weighted by Crippen LogP contribution is 2.28. The number of hydrogen-bond donors (Lipinski definition) is 1. The van der Waals surface area contributed by atoms with Gasteiger partial charge in [0.15, 0.2) is 0 Å². The zero-order valence-corrected chi connectivity index (χ0v) is 16.3. The monoisotopic (exact) mass is 420 g/mol. The van der Waals surface area contributed by atoms with E-state index in [9.17, 15) is 23.7 Å². The molecule has 0 bridgehead atoms. The summed E-state index contributed by atoms with van der Waals surface area (Å²) in [4.78, 5) is 27.4. The Labute approximate surface area is 172 Å². The van der Waals surface area contributed by atoms with E-state index in [1.165, 1.54) is 30.3 Å². The molecule has 1 unspecified atom stereocenters. The molecule has 2 aromatic carbocycles. The number of para-hydroxylation sites is 2. The maximum Gasteiger partial charge on any atom is 0.387 e. The van der Waals surface area contributed by atoms with Gasteiger partial charge in [0.2, 0.25) is 5.91 Å². The standard InChI is InChI=1S/C20H22F2N4O4/c1-14(19(27)23-15-6-8-16(9-7-15)30-20(21)22)24-10-12-25(13-11-24)17-4-2-3-5-18(17)26(28)29/h2-9,14,20H,10-13H2,1H3,(H,23,27). The number of rotatable bonds is 7. The van der Waals surface area contributed by atoms with Gasteiger partial charge in [0.1, 0.15) is 11.4 Å². The Bertz CT molecular complexity index is 887. The van der Waals surface area contributed by atoms with E-state index in [-0.39, 0.29) is 17.3 Å². The lowest BCUT2D eigenvalue weighted by atomic mass is 10.1. The number of nitrogens with one attached hydrogen (secondary N) is 1. The number of nitro groups is 1. The van der Waals surface area contributed by atoms with Crippen molar-refractivity contribution < 1.29 is 23.2 Å². The van der Waals surface area contributed by atoms with Crippen molar-refractivity contribution in [1.82, 2.24) is 4.90 Å². The molecule has 1 N–H and O–H groups in total. The van der Waals surface area contributed by atoms with E-state index in [2.05, 4.69) is 10.1 Å². The molecular weight excluding hydrogens is 398 g/mol. The molecule has 1 fully saturated rings. The van der Waals surface area contributed by atoms with Gasteiger partial charge in [0.05, 0.1) is 11.0 Å². The number of carbonyl (C=O) groups is 1. The zero-order chi connectivity index (χ0) is 21.7. The Morgan fingerprint density at radius 1 is 1.10 bits per heavy atom. The lowest BCUT2D eigenvalue weighted by Crippen LogP contribution is -2.52. The van der Waals surface area contributed by atoms with Gasteiger partial charge in [-0.15, -0.1) is 0 Å². The average Bonchev–Trinajstić information content (AvgIpc) is 2.74. The summed E-state index contributed by atoms with van der Waals surface area (Å²) in [5.41, 5.74) is 1.12. The van der Waals surface area contributed by atoms with E-state index < -0.39 is 17.6 Å². The molecule has 1 aliphatic heterocycles. The first kappa shape index (κ1) is 21.4. The second-order valence-corrected chi connectivity index (χ2v) is 6.84. The number of hydrogen-bond acceptors (Lipinski definition) is 6. The van der Waals surface area contributed by atoms with Gasteiger partial charge >= 0.3 is 6.61 Å². The highest BCUT2D eigenvalue weighted by molar-refractivity contribution is 5.94. The Morgan fingerprint density at radius 2 is 1.73 bits per heavy atom. The van der Waals surface area contributed by atoms with E-state index >= 15 is 0 Å². The van der Waals surface area contributed by atoms with Crippen LogP contribution in [0.25, 0.3) is 0 Å². The van der Waals surface area contributed by atoms with E-state index in [0.717, 1.165) is 0 Å². The summed E-state index contributed by atoms with van der Waals surface area (Å²) in [6.45, 7) is 1.14. The molecule has 1 atom stereocenters. The normalized spacial score (nSPS) is 15.7. The van der Waals surface area contributed by atoms with Crippen molar-refractivity contribution in [3.05, 3.63) is 58.6 Å². The van der Waals surface area contributed by atoms with Crippen LogP contribution in [0.15, 0.2) is 48.5 Å². The van der Waals surface area contributed by atoms with Crippen molar-refractivity contribution in [1.29, 1.82) is 0 Å². The number of nitrogens with zero attached hydrogens (tertiary/aromatic N) is 3. The van der Waals surface area contributed by atoms with Gasteiger partial charge in [0, 0.05) is 37.9 Å². The Kier molecular flexibility index (Phi) is 6.78. The minimum absolute atomic E-state index is 0.0159. The number of halogens is 2. The first-order valence-electron chi connectivity index (χ1n) is 9.43. The molecule has 0 spiro atoms. The summed E-state index contributed by atoms with van der Waals surface area (Å²) in [6.07, 6.45) is 0. The van der Waals surface area contributed by atoms with Crippen LogP contribution in [0.4, 0.5) is 25.8 Å². The molecule has 0 saturated carbocycles. The smallest absolute Gasteiger partial charge is 0.387 e. The van der Waals surface area contributed by atoms with Gasteiger partial charge in [-0.2, -0.15) is 8.78 Å². The van der Waals surface area contributed by atoms with E-state index in [4.69, 9.17) is 0 Å². The quantitative estimate of drug-likeness (QED) is 0.546. The summed E-state index contributed by atoms with van der Waals surface area (Å²) in [6, 6.07) is 11.9. The summed E-state index contributed by atoms with van der Waals surface area (Å²) < 4.78 is 28.7. The van der Waals surface area contributed by atoms with Crippen LogP contribution in [0.5, 0.6) is 5.75 Å². The third-order valence-electron chi connectivity index (χ3n) is 5.01. The lowest BCUT2D eigenvalue weighted by molar-refractivity contribution is -0.384. The van der Waals surface area contributed by atoms with E-state index in [1.54, 1.807) is 25.1 Å². The maximum atomic E-state index is 12.6. The molecule has 3 rings (SSSR count). The van der Waals surface area contributed by atoms with Crippen LogP contribution in [-0.2, 0) is 4.79 Å². The predicted octanol–water partition coefficient (Wildman–Crippen LogP) is 3.35. The number of amides is 1. The van der Waals surface area contributed by atoms with Crippen molar-refractivity contribution in [3.8, 4) is 5.75 Å². The Hall–Kier alpha value is -3.27. The summed E-state index contributed by atoms with van der Waals surface area (Å²) in [5, 5.41) is 14.0.